The van der Waals surface area contributed by atoms with E-state index in [1.807, 2.05) is 24.3 Å². The molecule has 1 rings (SSSR count). The Kier molecular flexibility index (Phi) is 7.01. The lowest BCUT2D eigenvalue weighted by Gasteiger charge is -2.15. The maximum Gasteiger partial charge on any atom is 0.125 e. The number of para-hydroxylation sites is 1. The molecule has 0 aromatic heterocycles. The number of ether oxygens (including phenoxy) is 2. The van der Waals surface area contributed by atoms with Gasteiger partial charge in [-0.05, 0) is 18.9 Å². The van der Waals surface area contributed by atoms with Crippen molar-refractivity contribution >= 4 is 11.6 Å². The van der Waals surface area contributed by atoms with Crippen molar-refractivity contribution in [2.75, 3.05) is 26.2 Å². The van der Waals surface area contributed by atoms with Crippen LogP contribution in [0.15, 0.2) is 24.3 Å². The molecule has 1 unspecified atom stereocenters. The van der Waals surface area contributed by atoms with Crippen molar-refractivity contribution in [3.63, 3.8) is 0 Å². The van der Waals surface area contributed by atoms with Gasteiger partial charge in [-0.1, -0.05) is 18.2 Å². The summed E-state index contributed by atoms with van der Waals surface area (Å²) >= 11 is 5.62. The van der Waals surface area contributed by atoms with Gasteiger partial charge in [0.2, 0.25) is 0 Å². The van der Waals surface area contributed by atoms with Crippen molar-refractivity contribution in [2.24, 2.45) is 0 Å². The predicted octanol–water partition coefficient (Wildman–Crippen LogP) is 2.76. The summed E-state index contributed by atoms with van der Waals surface area (Å²) in [5.74, 6) is 1.27. The van der Waals surface area contributed by atoms with Crippen molar-refractivity contribution in [3.05, 3.63) is 29.8 Å². The minimum Gasteiger partial charge on any atom is -0.491 e. The molecule has 0 aliphatic rings. The number of benzene rings is 1. The lowest BCUT2D eigenvalue weighted by atomic mass is 10.0. The Hall–Kier alpha value is -0.770. The summed E-state index contributed by atoms with van der Waals surface area (Å²) in [6, 6.07) is 7.51. The van der Waals surface area contributed by atoms with Gasteiger partial charge < -0.3 is 14.6 Å². The molecule has 0 saturated carbocycles. The van der Waals surface area contributed by atoms with Gasteiger partial charge in [-0.3, -0.25) is 0 Å². The number of rotatable bonds is 8. The number of halogens is 1. The highest BCUT2D eigenvalue weighted by atomic mass is 35.5. The molecular weight excluding hydrogens is 240 g/mol. The Bertz CT molecular complexity index is 317. The summed E-state index contributed by atoms with van der Waals surface area (Å²) in [6.45, 7) is 1.02. The second kappa shape index (κ2) is 8.34. The Balaban J connectivity index is 2.62. The van der Waals surface area contributed by atoms with E-state index in [-0.39, 0.29) is 0 Å². The molecular formula is C13H19ClO3. The molecule has 1 N–H and O–H groups in total. The lowest BCUT2D eigenvalue weighted by molar-refractivity contribution is 0.136. The van der Waals surface area contributed by atoms with Crippen LogP contribution in [0.4, 0.5) is 0 Å². The third kappa shape index (κ3) is 4.94. The molecule has 3 nitrogen and oxygen atoms in total. The van der Waals surface area contributed by atoms with E-state index in [4.69, 9.17) is 21.1 Å². The fourth-order valence-corrected chi connectivity index (χ4v) is 1.70. The molecule has 0 fully saturated rings. The second-order valence-corrected chi connectivity index (χ2v) is 4.10. The summed E-state index contributed by atoms with van der Waals surface area (Å²) in [7, 11) is 1.63. The van der Waals surface area contributed by atoms with E-state index in [0.29, 0.717) is 31.3 Å². The van der Waals surface area contributed by atoms with Gasteiger partial charge in [0.1, 0.15) is 12.4 Å². The predicted molar refractivity (Wildman–Crippen MR) is 68.7 cm³/mol. The maximum atomic E-state index is 10.0. The van der Waals surface area contributed by atoms with E-state index < -0.39 is 6.10 Å². The van der Waals surface area contributed by atoms with E-state index >= 15 is 0 Å². The molecule has 1 atom stereocenters. The fourth-order valence-electron chi connectivity index (χ4n) is 1.55. The van der Waals surface area contributed by atoms with Crippen LogP contribution >= 0.6 is 11.6 Å². The van der Waals surface area contributed by atoms with Crippen molar-refractivity contribution in [3.8, 4) is 5.75 Å². The van der Waals surface area contributed by atoms with Crippen LogP contribution in [0.2, 0.25) is 0 Å². The third-order valence-corrected chi connectivity index (χ3v) is 2.70. The van der Waals surface area contributed by atoms with Crippen molar-refractivity contribution < 1.29 is 14.6 Å². The average Bonchev–Trinajstić information content (AvgIpc) is 2.37. The summed E-state index contributed by atoms with van der Waals surface area (Å²) < 4.78 is 10.5. The SMILES string of the molecule is COCCOc1ccccc1C(O)CCCCl. The quantitative estimate of drug-likeness (QED) is 0.576. The van der Waals surface area contributed by atoms with Gasteiger partial charge in [-0.25, -0.2) is 0 Å². The average molecular weight is 259 g/mol. The van der Waals surface area contributed by atoms with Crippen molar-refractivity contribution in [1.82, 2.24) is 0 Å². The van der Waals surface area contributed by atoms with Gasteiger partial charge in [0.05, 0.1) is 12.7 Å². The Morgan fingerprint density at radius 2 is 2.06 bits per heavy atom. The first-order valence-electron chi connectivity index (χ1n) is 5.74. The molecule has 96 valence electrons. The topological polar surface area (TPSA) is 38.7 Å². The van der Waals surface area contributed by atoms with Crippen LogP contribution in [0, 0.1) is 0 Å². The zero-order chi connectivity index (χ0) is 12.5. The fraction of sp³-hybridized carbons (Fsp3) is 0.538. The van der Waals surface area contributed by atoms with E-state index in [0.717, 1.165) is 12.0 Å². The molecule has 0 aliphatic carbocycles. The second-order valence-electron chi connectivity index (χ2n) is 3.73. The van der Waals surface area contributed by atoms with Crippen LogP contribution < -0.4 is 4.74 Å². The molecule has 0 spiro atoms. The van der Waals surface area contributed by atoms with Crippen LogP contribution in [0.5, 0.6) is 5.75 Å². The smallest absolute Gasteiger partial charge is 0.125 e. The minimum absolute atomic E-state index is 0.482. The number of aliphatic hydroxyl groups excluding tert-OH is 1. The van der Waals surface area contributed by atoms with Crippen LogP contribution in [0.25, 0.3) is 0 Å². The summed E-state index contributed by atoms with van der Waals surface area (Å²) in [6.07, 6.45) is 0.913. The largest absolute Gasteiger partial charge is 0.491 e. The first kappa shape index (κ1) is 14.3. The molecule has 0 radical (unpaired) electrons. The minimum atomic E-state index is -0.521. The molecule has 1 aromatic rings. The highest BCUT2D eigenvalue weighted by Crippen LogP contribution is 2.27. The zero-order valence-electron chi connectivity index (χ0n) is 10.1. The maximum absolute atomic E-state index is 10.0. The van der Waals surface area contributed by atoms with Crippen LogP contribution in [0.1, 0.15) is 24.5 Å². The molecule has 17 heavy (non-hydrogen) atoms. The summed E-state index contributed by atoms with van der Waals surface area (Å²) in [4.78, 5) is 0. The summed E-state index contributed by atoms with van der Waals surface area (Å²) in [5.41, 5.74) is 0.814. The standard InChI is InChI=1S/C13H19ClO3/c1-16-9-10-17-13-7-3-2-5-11(13)12(15)6-4-8-14/h2-3,5,7,12,15H,4,6,8-10H2,1H3. The molecule has 0 amide bonds. The Labute approximate surface area is 107 Å². The highest BCUT2D eigenvalue weighted by molar-refractivity contribution is 6.17. The third-order valence-electron chi connectivity index (χ3n) is 2.43. The monoisotopic (exact) mass is 258 g/mol. The molecule has 0 aliphatic heterocycles. The normalized spacial score (nSPS) is 12.4. The molecule has 0 bridgehead atoms. The first-order valence-corrected chi connectivity index (χ1v) is 6.27. The Morgan fingerprint density at radius 3 is 2.76 bits per heavy atom. The number of methoxy groups -OCH3 is 1. The molecule has 1 aromatic carbocycles. The summed E-state index contributed by atoms with van der Waals surface area (Å²) in [5, 5.41) is 10.0. The number of aliphatic hydroxyl groups is 1. The van der Waals surface area contributed by atoms with E-state index in [9.17, 15) is 5.11 Å². The van der Waals surface area contributed by atoms with Crippen LogP contribution in [-0.2, 0) is 4.74 Å². The van der Waals surface area contributed by atoms with Gasteiger partial charge in [0, 0.05) is 18.6 Å². The zero-order valence-corrected chi connectivity index (χ0v) is 10.8. The van der Waals surface area contributed by atoms with E-state index in [1.54, 1.807) is 7.11 Å². The van der Waals surface area contributed by atoms with Gasteiger partial charge in [0.15, 0.2) is 0 Å². The number of alkyl halides is 1. The number of hydrogen-bond donors (Lipinski definition) is 1. The highest BCUT2D eigenvalue weighted by Gasteiger charge is 2.12. The van der Waals surface area contributed by atoms with Crippen molar-refractivity contribution in [1.29, 1.82) is 0 Å². The molecule has 0 heterocycles. The molecule has 0 saturated heterocycles. The molecule has 4 heteroatoms. The van der Waals surface area contributed by atoms with Crippen LogP contribution in [0.3, 0.4) is 0 Å². The van der Waals surface area contributed by atoms with E-state index in [1.165, 1.54) is 0 Å². The van der Waals surface area contributed by atoms with Gasteiger partial charge >= 0.3 is 0 Å². The van der Waals surface area contributed by atoms with Crippen LogP contribution in [-0.4, -0.2) is 31.3 Å². The van der Waals surface area contributed by atoms with Gasteiger partial charge in [-0.2, -0.15) is 0 Å². The van der Waals surface area contributed by atoms with E-state index in [2.05, 4.69) is 0 Å². The lowest BCUT2D eigenvalue weighted by Crippen LogP contribution is -2.08. The first-order chi connectivity index (χ1) is 8.29. The van der Waals surface area contributed by atoms with Gasteiger partial charge in [-0.15, -0.1) is 11.6 Å². The number of hydrogen-bond acceptors (Lipinski definition) is 3. The van der Waals surface area contributed by atoms with Gasteiger partial charge in [0.25, 0.3) is 0 Å². The Morgan fingerprint density at radius 1 is 1.29 bits per heavy atom. The van der Waals surface area contributed by atoms with Crippen molar-refractivity contribution in [2.45, 2.75) is 18.9 Å².